The van der Waals surface area contributed by atoms with Gasteiger partial charge in [0.2, 0.25) is 10.0 Å². The van der Waals surface area contributed by atoms with Crippen LogP contribution in [0.2, 0.25) is 0 Å². The molecule has 1 aliphatic rings. The smallest absolute Gasteiger partial charge is 0.243 e. The predicted molar refractivity (Wildman–Crippen MR) is 94.6 cm³/mol. The van der Waals surface area contributed by atoms with Gasteiger partial charge in [-0.25, -0.2) is 8.42 Å². The highest BCUT2D eigenvalue weighted by Crippen LogP contribution is 2.26. The van der Waals surface area contributed by atoms with E-state index in [9.17, 15) is 8.42 Å². The van der Waals surface area contributed by atoms with Crippen LogP contribution >= 0.6 is 12.4 Å². The van der Waals surface area contributed by atoms with Crippen LogP contribution in [-0.2, 0) is 10.0 Å². The van der Waals surface area contributed by atoms with Gasteiger partial charge in [-0.1, -0.05) is 13.8 Å². The molecule has 1 unspecified atom stereocenters. The van der Waals surface area contributed by atoms with Crippen molar-refractivity contribution in [3.63, 3.8) is 0 Å². The van der Waals surface area contributed by atoms with Gasteiger partial charge in [0, 0.05) is 19.1 Å². The molecule has 7 heteroatoms. The summed E-state index contributed by atoms with van der Waals surface area (Å²) in [5.41, 5.74) is 5.68. The maximum Gasteiger partial charge on any atom is 0.243 e. The van der Waals surface area contributed by atoms with Crippen LogP contribution in [0, 0.1) is 5.92 Å². The van der Waals surface area contributed by atoms with Crippen LogP contribution < -0.4 is 10.5 Å². The molecule has 0 saturated carbocycles. The molecule has 132 valence electrons. The van der Waals surface area contributed by atoms with Crippen LogP contribution in [0.15, 0.2) is 29.2 Å². The zero-order valence-corrected chi connectivity index (χ0v) is 15.4. The standard InChI is InChI=1S/C16H26N2O3S.ClH/c1-13(2)9-11-21-15-5-7-16(8-6-15)22(19,20)18-10-3-4-14(18)12-17;/h5-8,13-14H,3-4,9-12,17H2,1-2H3;1H. The lowest BCUT2D eigenvalue weighted by Crippen LogP contribution is -2.39. The minimum atomic E-state index is -3.45. The lowest BCUT2D eigenvalue weighted by atomic mass is 10.1. The SMILES string of the molecule is CC(C)CCOc1ccc(S(=O)(=O)N2CCCC2CN)cc1.Cl. The Morgan fingerprint density at radius 1 is 1.30 bits per heavy atom. The molecule has 1 aliphatic heterocycles. The van der Waals surface area contributed by atoms with Crippen molar-refractivity contribution < 1.29 is 13.2 Å². The first kappa shape index (κ1) is 20.2. The third kappa shape index (κ3) is 5.08. The average molecular weight is 363 g/mol. The fourth-order valence-corrected chi connectivity index (χ4v) is 4.32. The van der Waals surface area contributed by atoms with E-state index in [1.54, 1.807) is 24.3 Å². The number of nitrogens with zero attached hydrogens (tertiary/aromatic N) is 1. The summed E-state index contributed by atoms with van der Waals surface area (Å²) in [4.78, 5) is 0.309. The van der Waals surface area contributed by atoms with E-state index < -0.39 is 10.0 Å². The molecule has 5 nitrogen and oxygen atoms in total. The van der Waals surface area contributed by atoms with Crippen LogP contribution in [-0.4, -0.2) is 38.5 Å². The minimum Gasteiger partial charge on any atom is -0.494 e. The third-order valence-corrected chi connectivity index (χ3v) is 5.96. The zero-order chi connectivity index (χ0) is 16.2. The molecule has 1 aromatic carbocycles. The second-order valence-electron chi connectivity index (χ2n) is 6.15. The summed E-state index contributed by atoms with van der Waals surface area (Å²) in [6.45, 7) is 5.85. The Hall–Kier alpha value is -0.820. The van der Waals surface area contributed by atoms with Crippen molar-refractivity contribution in [2.24, 2.45) is 11.7 Å². The second-order valence-corrected chi connectivity index (χ2v) is 8.04. The summed E-state index contributed by atoms with van der Waals surface area (Å²) >= 11 is 0. The van der Waals surface area contributed by atoms with Crippen LogP contribution in [0.4, 0.5) is 0 Å². The molecule has 2 N–H and O–H groups in total. The van der Waals surface area contributed by atoms with Crippen molar-refractivity contribution >= 4 is 22.4 Å². The average Bonchev–Trinajstić information content (AvgIpc) is 2.96. The Bertz CT molecular complexity index is 575. The molecule has 1 fully saturated rings. The molecule has 0 aromatic heterocycles. The Morgan fingerprint density at radius 3 is 2.52 bits per heavy atom. The Labute approximate surface area is 145 Å². The van der Waals surface area contributed by atoms with E-state index in [2.05, 4.69) is 13.8 Å². The summed E-state index contributed by atoms with van der Waals surface area (Å²) in [7, 11) is -3.45. The van der Waals surface area contributed by atoms with Crippen LogP contribution in [0.1, 0.15) is 33.1 Å². The lowest BCUT2D eigenvalue weighted by Gasteiger charge is -2.22. The van der Waals surface area contributed by atoms with Crippen molar-refractivity contribution in [1.82, 2.24) is 4.31 Å². The molecule has 1 heterocycles. The highest BCUT2D eigenvalue weighted by Gasteiger charge is 2.34. The van der Waals surface area contributed by atoms with Crippen molar-refractivity contribution in [2.45, 2.75) is 44.0 Å². The van der Waals surface area contributed by atoms with Crippen LogP contribution in [0.25, 0.3) is 0 Å². The van der Waals surface area contributed by atoms with Crippen LogP contribution in [0.5, 0.6) is 5.75 Å². The molecule has 0 radical (unpaired) electrons. The topological polar surface area (TPSA) is 72.6 Å². The number of ether oxygens (including phenoxy) is 1. The van der Waals surface area contributed by atoms with E-state index in [-0.39, 0.29) is 18.4 Å². The number of nitrogens with two attached hydrogens (primary N) is 1. The van der Waals surface area contributed by atoms with Gasteiger partial charge in [-0.3, -0.25) is 0 Å². The van der Waals surface area contributed by atoms with Gasteiger partial charge in [-0.2, -0.15) is 4.31 Å². The van der Waals surface area contributed by atoms with Crippen molar-refractivity contribution in [1.29, 1.82) is 0 Å². The summed E-state index contributed by atoms with van der Waals surface area (Å²) in [6.07, 6.45) is 2.69. The first-order valence-corrected chi connectivity index (χ1v) is 9.34. The van der Waals surface area contributed by atoms with Gasteiger partial charge in [0.25, 0.3) is 0 Å². The molecule has 23 heavy (non-hydrogen) atoms. The molecule has 1 aromatic rings. The first-order chi connectivity index (χ1) is 10.4. The number of hydrogen-bond donors (Lipinski definition) is 1. The van der Waals surface area contributed by atoms with E-state index in [1.165, 1.54) is 4.31 Å². The largest absolute Gasteiger partial charge is 0.494 e. The second kappa shape index (κ2) is 8.87. The summed E-state index contributed by atoms with van der Waals surface area (Å²) in [6, 6.07) is 6.60. The van der Waals surface area contributed by atoms with Gasteiger partial charge in [-0.15, -0.1) is 12.4 Å². The zero-order valence-electron chi connectivity index (χ0n) is 13.8. The molecule has 1 atom stereocenters. The van der Waals surface area contributed by atoms with Crippen molar-refractivity contribution in [3.05, 3.63) is 24.3 Å². The molecule has 2 rings (SSSR count). The van der Waals surface area contributed by atoms with Gasteiger partial charge >= 0.3 is 0 Å². The van der Waals surface area contributed by atoms with E-state index in [0.29, 0.717) is 36.3 Å². The maximum atomic E-state index is 12.6. The summed E-state index contributed by atoms with van der Waals surface area (Å²) < 4.78 is 32.4. The van der Waals surface area contributed by atoms with Gasteiger partial charge in [-0.05, 0) is 49.4 Å². The lowest BCUT2D eigenvalue weighted by molar-refractivity contribution is 0.289. The van der Waals surface area contributed by atoms with E-state index in [1.807, 2.05) is 0 Å². The molecule has 0 spiro atoms. The number of rotatable bonds is 7. The molecule has 0 bridgehead atoms. The van der Waals surface area contributed by atoms with E-state index in [0.717, 1.165) is 19.3 Å². The van der Waals surface area contributed by atoms with E-state index in [4.69, 9.17) is 10.5 Å². The quantitative estimate of drug-likeness (QED) is 0.809. The number of halogens is 1. The van der Waals surface area contributed by atoms with Crippen LogP contribution in [0.3, 0.4) is 0 Å². The van der Waals surface area contributed by atoms with Crippen molar-refractivity contribution in [3.8, 4) is 5.75 Å². The predicted octanol–water partition coefficient (Wildman–Crippen LogP) is 2.65. The third-order valence-electron chi connectivity index (χ3n) is 3.99. The highest BCUT2D eigenvalue weighted by molar-refractivity contribution is 7.89. The number of benzene rings is 1. The number of sulfonamides is 1. The molecule has 1 saturated heterocycles. The van der Waals surface area contributed by atoms with Gasteiger partial charge in [0.05, 0.1) is 11.5 Å². The maximum absolute atomic E-state index is 12.6. The highest BCUT2D eigenvalue weighted by atomic mass is 35.5. The molecule has 0 amide bonds. The van der Waals surface area contributed by atoms with Gasteiger partial charge in [0.1, 0.15) is 5.75 Å². The Morgan fingerprint density at radius 2 is 1.96 bits per heavy atom. The van der Waals surface area contributed by atoms with E-state index >= 15 is 0 Å². The summed E-state index contributed by atoms with van der Waals surface area (Å²) in [5, 5.41) is 0. The Kier molecular flexibility index (Phi) is 7.80. The first-order valence-electron chi connectivity index (χ1n) is 7.90. The molecule has 0 aliphatic carbocycles. The van der Waals surface area contributed by atoms with Gasteiger partial charge < -0.3 is 10.5 Å². The van der Waals surface area contributed by atoms with Gasteiger partial charge in [0.15, 0.2) is 0 Å². The molecular weight excluding hydrogens is 336 g/mol. The fraction of sp³-hybridized carbons (Fsp3) is 0.625. The Balaban J connectivity index is 0.00000264. The van der Waals surface area contributed by atoms with Crippen molar-refractivity contribution in [2.75, 3.05) is 19.7 Å². The normalized spacial score (nSPS) is 18.9. The molecular formula is C16H27ClN2O3S. The summed E-state index contributed by atoms with van der Waals surface area (Å²) in [5.74, 6) is 1.29. The fourth-order valence-electron chi connectivity index (χ4n) is 2.62. The monoisotopic (exact) mass is 362 g/mol. The number of hydrogen-bond acceptors (Lipinski definition) is 4. The minimum absolute atomic E-state index is 0.